The van der Waals surface area contributed by atoms with Crippen molar-refractivity contribution in [3.05, 3.63) is 0 Å². The van der Waals surface area contributed by atoms with Crippen LogP contribution >= 0.6 is 0 Å². The summed E-state index contributed by atoms with van der Waals surface area (Å²) in [7, 11) is 0. The lowest BCUT2D eigenvalue weighted by Gasteiger charge is -2.22. The van der Waals surface area contributed by atoms with E-state index in [4.69, 9.17) is 4.74 Å². The molecule has 1 fully saturated rings. The Morgan fingerprint density at radius 3 is 1.25 bits per heavy atom. The molecule has 0 aliphatic carbocycles. The molecule has 1 unspecified atom stereocenters. The minimum absolute atomic E-state index is 0.601. The molecule has 0 aromatic heterocycles. The summed E-state index contributed by atoms with van der Waals surface area (Å²) in [6, 6.07) is 0. The minimum atomic E-state index is 0.601. The van der Waals surface area contributed by atoms with Crippen molar-refractivity contribution in [2.75, 3.05) is 6.61 Å². The minimum Gasteiger partial charge on any atom is -0.378 e. The lowest BCUT2D eigenvalue weighted by molar-refractivity contribution is 0.00977. The number of ether oxygens (including phenoxy) is 1. The average molecular weight is 395 g/mol. The molecule has 28 heavy (non-hydrogen) atoms. The van der Waals surface area contributed by atoms with Crippen LogP contribution in [0.3, 0.4) is 0 Å². The van der Waals surface area contributed by atoms with Crippen molar-refractivity contribution in [1.29, 1.82) is 0 Å². The first kappa shape index (κ1) is 26.0. The van der Waals surface area contributed by atoms with E-state index in [-0.39, 0.29) is 0 Å². The fourth-order valence-corrected chi connectivity index (χ4v) is 4.66. The monoisotopic (exact) mass is 394 g/mol. The third kappa shape index (κ3) is 18.0. The van der Waals surface area contributed by atoms with Crippen LogP contribution in [0.2, 0.25) is 0 Å². The SMILES string of the molecule is CCCCCCCCCCCCCCCCCCCCCCC1CCCCO1. The highest BCUT2D eigenvalue weighted by Gasteiger charge is 2.12. The predicted molar refractivity (Wildman–Crippen MR) is 126 cm³/mol. The summed E-state index contributed by atoms with van der Waals surface area (Å²) < 4.78 is 5.82. The Morgan fingerprint density at radius 2 is 0.893 bits per heavy atom. The fourth-order valence-electron chi connectivity index (χ4n) is 4.66. The molecule has 0 saturated carbocycles. The fraction of sp³-hybridized carbons (Fsp3) is 1.00. The van der Waals surface area contributed by atoms with Gasteiger partial charge in [0, 0.05) is 6.61 Å². The van der Waals surface area contributed by atoms with E-state index < -0.39 is 0 Å². The zero-order valence-electron chi connectivity index (χ0n) is 19.7. The molecular formula is C27H54O. The van der Waals surface area contributed by atoms with Gasteiger partial charge in [-0.3, -0.25) is 0 Å². The maximum atomic E-state index is 5.82. The third-order valence-electron chi connectivity index (χ3n) is 6.65. The lowest BCUT2D eigenvalue weighted by Crippen LogP contribution is -2.18. The standard InChI is InChI=1S/C27H54O/c1-2-3-4-5-6-7-8-9-10-11-12-13-14-15-16-17-18-19-20-21-24-27-25-22-23-26-28-27/h27H,2-26H2,1H3. The molecular weight excluding hydrogens is 340 g/mol. The van der Waals surface area contributed by atoms with Gasteiger partial charge in [0.05, 0.1) is 6.10 Å². The molecule has 0 N–H and O–H groups in total. The van der Waals surface area contributed by atoms with Crippen LogP contribution in [0.5, 0.6) is 0 Å². The van der Waals surface area contributed by atoms with Gasteiger partial charge in [-0.05, 0) is 25.7 Å². The van der Waals surface area contributed by atoms with E-state index in [1.165, 1.54) is 154 Å². The zero-order valence-corrected chi connectivity index (χ0v) is 19.7. The van der Waals surface area contributed by atoms with Gasteiger partial charge in [-0.15, -0.1) is 0 Å². The van der Waals surface area contributed by atoms with Gasteiger partial charge in [0.25, 0.3) is 0 Å². The summed E-state index contributed by atoms with van der Waals surface area (Å²) in [6.45, 7) is 3.32. The molecule has 0 bridgehead atoms. The summed E-state index contributed by atoms with van der Waals surface area (Å²) in [5, 5.41) is 0. The third-order valence-corrected chi connectivity index (χ3v) is 6.65. The summed E-state index contributed by atoms with van der Waals surface area (Å²) >= 11 is 0. The first-order chi connectivity index (χ1) is 13.9. The molecule has 1 nitrogen and oxygen atoms in total. The van der Waals surface area contributed by atoms with Crippen molar-refractivity contribution < 1.29 is 4.74 Å². The summed E-state index contributed by atoms with van der Waals surface area (Å²) in [4.78, 5) is 0. The van der Waals surface area contributed by atoms with Crippen molar-refractivity contribution in [3.8, 4) is 0 Å². The van der Waals surface area contributed by atoms with Crippen LogP contribution < -0.4 is 0 Å². The highest BCUT2D eigenvalue weighted by Crippen LogP contribution is 2.19. The predicted octanol–water partition coefficient (Wildman–Crippen LogP) is 9.77. The summed E-state index contributed by atoms with van der Waals surface area (Å²) in [5.74, 6) is 0. The molecule has 0 aromatic rings. The van der Waals surface area contributed by atoms with Crippen LogP contribution in [0.15, 0.2) is 0 Å². The Morgan fingerprint density at radius 1 is 0.500 bits per heavy atom. The molecule has 1 atom stereocenters. The van der Waals surface area contributed by atoms with Crippen LogP contribution in [0.1, 0.15) is 161 Å². The zero-order chi connectivity index (χ0) is 20.0. The number of hydrogen-bond donors (Lipinski definition) is 0. The van der Waals surface area contributed by atoms with E-state index in [0.29, 0.717) is 6.10 Å². The number of rotatable bonds is 21. The molecule has 1 rings (SSSR count). The van der Waals surface area contributed by atoms with E-state index in [2.05, 4.69) is 6.92 Å². The molecule has 1 saturated heterocycles. The number of hydrogen-bond acceptors (Lipinski definition) is 1. The van der Waals surface area contributed by atoms with Crippen LogP contribution in [-0.4, -0.2) is 12.7 Å². The van der Waals surface area contributed by atoms with Crippen LogP contribution in [0.25, 0.3) is 0 Å². The molecule has 168 valence electrons. The van der Waals surface area contributed by atoms with Crippen LogP contribution in [0.4, 0.5) is 0 Å². The molecule has 1 aliphatic rings. The molecule has 1 aliphatic heterocycles. The first-order valence-electron chi connectivity index (χ1n) is 13.5. The van der Waals surface area contributed by atoms with Crippen molar-refractivity contribution >= 4 is 0 Å². The van der Waals surface area contributed by atoms with E-state index in [0.717, 1.165) is 6.61 Å². The molecule has 0 radical (unpaired) electrons. The van der Waals surface area contributed by atoms with E-state index in [1.807, 2.05) is 0 Å². The highest BCUT2D eigenvalue weighted by atomic mass is 16.5. The van der Waals surface area contributed by atoms with E-state index in [9.17, 15) is 0 Å². The summed E-state index contributed by atoms with van der Waals surface area (Å²) in [6.07, 6.45) is 35.2. The van der Waals surface area contributed by atoms with Gasteiger partial charge in [-0.1, -0.05) is 135 Å². The Hall–Kier alpha value is -0.0400. The molecule has 0 aromatic carbocycles. The lowest BCUT2D eigenvalue weighted by atomic mass is 10.0. The van der Waals surface area contributed by atoms with Gasteiger partial charge in [-0.2, -0.15) is 0 Å². The molecule has 0 amide bonds. The smallest absolute Gasteiger partial charge is 0.0575 e. The number of unbranched alkanes of at least 4 members (excludes halogenated alkanes) is 19. The Balaban J connectivity index is 1.64. The van der Waals surface area contributed by atoms with E-state index in [1.54, 1.807) is 0 Å². The maximum absolute atomic E-state index is 5.82. The quantitative estimate of drug-likeness (QED) is 0.176. The Bertz CT molecular complexity index is 282. The highest BCUT2D eigenvalue weighted by molar-refractivity contribution is 4.63. The molecule has 1 heterocycles. The largest absolute Gasteiger partial charge is 0.378 e. The normalized spacial score (nSPS) is 17.2. The topological polar surface area (TPSA) is 9.23 Å². The van der Waals surface area contributed by atoms with Crippen LogP contribution in [-0.2, 0) is 4.74 Å². The van der Waals surface area contributed by atoms with Gasteiger partial charge in [0.15, 0.2) is 0 Å². The van der Waals surface area contributed by atoms with E-state index >= 15 is 0 Å². The van der Waals surface area contributed by atoms with Gasteiger partial charge in [0.1, 0.15) is 0 Å². The van der Waals surface area contributed by atoms with Crippen molar-refractivity contribution in [2.45, 2.75) is 167 Å². The second kappa shape index (κ2) is 21.7. The Labute approximate surface area is 178 Å². The summed E-state index contributed by atoms with van der Waals surface area (Å²) in [5.41, 5.74) is 0. The van der Waals surface area contributed by atoms with Gasteiger partial charge in [0.2, 0.25) is 0 Å². The second-order valence-electron chi connectivity index (χ2n) is 9.49. The van der Waals surface area contributed by atoms with Gasteiger partial charge < -0.3 is 4.74 Å². The average Bonchev–Trinajstić information content (AvgIpc) is 2.73. The van der Waals surface area contributed by atoms with Crippen molar-refractivity contribution in [2.24, 2.45) is 0 Å². The second-order valence-corrected chi connectivity index (χ2v) is 9.49. The van der Waals surface area contributed by atoms with Gasteiger partial charge in [-0.25, -0.2) is 0 Å². The van der Waals surface area contributed by atoms with Crippen LogP contribution in [0, 0.1) is 0 Å². The molecule has 1 heteroatoms. The van der Waals surface area contributed by atoms with Gasteiger partial charge >= 0.3 is 0 Å². The first-order valence-corrected chi connectivity index (χ1v) is 13.5. The van der Waals surface area contributed by atoms with Crippen molar-refractivity contribution in [3.63, 3.8) is 0 Å². The van der Waals surface area contributed by atoms with Crippen molar-refractivity contribution in [1.82, 2.24) is 0 Å². The maximum Gasteiger partial charge on any atom is 0.0575 e. The Kier molecular flexibility index (Phi) is 20.1. The molecule has 0 spiro atoms.